The summed E-state index contributed by atoms with van der Waals surface area (Å²) in [5.74, 6) is -1.13. The Balaban J connectivity index is 2.03. The first-order valence-corrected chi connectivity index (χ1v) is 6.84. The third kappa shape index (κ3) is 3.53. The van der Waals surface area contributed by atoms with Crippen molar-refractivity contribution in [3.8, 4) is 0 Å². The predicted molar refractivity (Wildman–Crippen MR) is 71.7 cm³/mol. The number of likely N-dealkylation sites (tertiary alicyclic amines) is 1. The zero-order chi connectivity index (χ0) is 13.8. The standard InChI is InChI=1S/C15H20FNO2/c1-2-11-4-3-7-17(9-11)10-12-5-6-13(15(18)19)14(16)8-12/h5-6,8,11H,2-4,7,9-10H2,1H3,(H,18,19). The SMILES string of the molecule is CCC1CCCN(Cc2ccc(C(=O)O)c(F)c2)C1. The summed E-state index contributed by atoms with van der Waals surface area (Å²) in [5, 5.41) is 8.79. The molecule has 4 heteroatoms. The van der Waals surface area contributed by atoms with Gasteiger partial charge in [0.25, 0.3) is 0 Å². The maximum Gasteiger partial charge on any atom is 0.338 e. The fourth-order valence-electron chi connectivity index (χ4n) is 2.72. The second-order valence-electron chi connectivity index (χ2n) is 5.27. The maximum absolute atomic E-state index is 13.6. The van der Waals surface area contributed by atoms with Gasteiger partial charge in [0.2, 0.25) is 0 Å². The lowest BCUT2D eigenvalue weighted by atomic mass is 9.95. The lowest BCUT2D eigenvalue weighted by Crippen LogP contribution is -2.34. The van der Waals surface area contributed by atoms with E-state index in [-0.39, 0.29) is 5.56 Å². The summed E-state index contributed by atoms with van der Waals surface area (Å²) < 4.78 is 13.6. The van der Waals surface area contributed by atoms with Crippen molar-refractivity contribution >= 4 is 5.97 Å². The first-order valence-electron chi connectivity index (χ1n) is 6.84. The number of hydrogen-bond donors (Lipinski definition) is 1. The molecule has 0 radical (unpaired) electrons. The number of rotatable bonds is 4. The molecule has 0 spiro atoms. The maximum atomic E-state index is 13.6. The smallest absolute Gasteiger partial charge is 0.338 e. The first-order chi connectivity index (χ1) is 9.10. The average Bonchev–Trinajstić information content (AvgIpc) is 2.38. The van der Waals surface area contributed by atoms with E-state index >= 15 is 0 Å². The summed E-state index contributed by atoms with van der Waals surface area (Å²) in [6.07, 6.45) is 3.65. The van der Waals surface area contributed by atoms with Crippen LogP contribution in [0, 0.1) is 11.7 Å². The van der Waals surface area contributed by atoms with Crippen molar-refractivity contribution in [2.75, 3.05) is 13.1 Å². The van der Waals surface area contributed by atoms with E-state index in [9.17, 15) is 9.18 Å². The molecular weight excluding hydrogens is 245 g/mol. The Morgan fingerprint density at radius 2 is 2.32 bits per heavy atom. The number of halogens is 1. The van der Waals surface area contributed by atoms with Gasteiger partial charge in [0.05, 0.1) is 5.56 Å². The van der Waals surface area contributed by atoms with Crippen molar-refractivity contribution in [1.29, 1.82) is 0 Å². The number of nitrogens with zero attached hydrogens (tertiary/aromatic N) is 1. The van der Waals surface area contributed by atoms with Gasteiger partial charge in [0.1, 0.15) is 5.82 Å². The van der Waals surface area contributed by atoms with E-state index in [1.165, 1.54) is 31.4 Å². The molecule has 0 amide bonds. The zero-order valence-corrected chi connectivity index (χ0v) is 11.2. The second kappa shape index (κ2) is 6.15. The van der Waals surface area contributed by atoms with E-state index in [1.54, 1.807) is 6.07 Å². The van der Waals surface area contributed by atoms with Crippen LogP contribution >= 0.6 is 0 Å². The molecule has 1 aromatic carbocycles. The van der Waals surface area contributed by atoms with E-state index in [1.807, 2.05) is 0 Å². The van der Waals surface area contributed by atoms with Crippen LogP contribution < -0.4 is 0 Å². The van der Waals surface area contributed by atoms with Crippen molar-refractivity contribution in [2.24, 2.45) is 5.92 Å². The van der Waals surface area contributed by atoms with Gasteiger partial charge in [-0.3, -0.25) is 4.90 Å². The molecular formula is C15H20FNO2. The number of carboxylic acids is 1. The van der Waals surface area contributed by atoms with E-state index in [2.05, 4.69) is 11.8 Å². The van der Waals surface area contributed by atoms with Gasteiger partial charge in [-0.2, -0.15) is 0 Å². The van der Waals surface area contributed by atoms with Crippen LogP contribution in [-0.2, 0) is 6.54 Å². The van der Waals surface area contributed by atoms with Crippen LogP contribution in [0.25, 0.3) is 0 Å². The van der Waals surface area contributed by atoms with Gasteiger partial charge in [0.15, 0.2) is 0 Å². The average molecular weight is 265 g/mol. The highest BCUT2D eigenvalue weighted by molar-refractivity contribution is 5.87. The van der Waals surface area contributed by atoms with E-state index in [4.69, 9.17) is 5.11 Å². The highest BCUT2D eigenvalue weighted by Crippen LogP contribution is 2.21. The molecule has 1 aromatic rings. The Morgan fingerprint density at radius 1 is 1.53 bits per heavy atom. The predicted octanol–water partition coefficient (Wildman–Crippen LogP) is 3.15. The summed E-state index contributed by atoms with van der Waals surface area (Å²) in [4.78, 5) is 13.1. The number of carboxylic acid groups (broad SMARTS) is 1. The molecule has 0 saturated carbocycles. The molecule has 104 valence electrons. The Labute approximate surface area is 113 Å². The molecule has 1 unspecified atom stereocenters. The molecule has 1 N–H and O–H groups in total. The Morgan fingerprint density at radius 3 is 2.95 bits per heavy atom. The lowest BCUT2D eigenvalue weighted by Gasteiger charge is -2.32. The molecule has 1 aliphatic heterocycles. The third-order valence-electron chi connectivity index (χ3n) is 3.85. The summed E-state index contributed by atoms with van der Waals surface area (Å²) in [7, 11) is 0. The monoisotopic (exact) mass is 265 g/mol. The summed E-state index contributed by atoms with van der Waals surface area (Å²) in [5.41, 5.74) is 0.591. The van der Waals surface area contributed by atoms with Gasteiger partial charge in [-0.1, -0.05) is 19.4 Å². The second-order valence-corrected chi connectivity index (χ2v) is 5.27. The van der Waals surface area contributed by atoms with E-state index in [0.29, 0.717) is 6.54 Å². The van der Waals surface area contributed by atoms with Gasteiger partial charge in [-0.15, -0.1) is 0 Å². The molecule has 2 rings (SSSR count). The van der Waals surface area contributed by atoms with Gasteiger partial charge in [0, 0.05) is 13.1 Å². The van der Waals surface area contributed by atoms with Gasteiger partial charge < -0.3 is 5.11 Å². The third-order valence-corrected chi connectivity index (χ3v) is 3.85. The van der Waals surface area contributed by atoms with Crippen molar-refractivity contribution < 1.29 is 14.3 Å². The number of carbonyl (C=O) groups is 1. The van der Waals surface area contributed by atoms with Crippen LogP contribution in [0.4, 0.5) is 4.39 Å². The Kier molecular flexibility index (Phi) is 4.53. The van der Waals surface area contributed by atoms with Crippen LogP contribution in [0.3, 0.4) is 0 Å². The zero-order valence-electron chi connectivity index (χ0n) is 11.2. The molecule has 1 fully saturated rings. The van der Waals surface area contributed by atoms with Crippen LogP contribution in [0.5, 0.6) is 0 Å². The number of aromatic carboxylic acids is 1. The summed E-state index contributed by atoms with van der Waals surface area (Å²) in [6, 6.07) is 4.41. The normalized spacial score (nSPS) is 20.4. The summed E-state index contributed by atoms with van der Waals surface area (Å²) in [6.45, 7) is 5.00. The molecule has 19 heavy (non-hydrogen) atoms. The molecule has 3 nitrogen and oxygen atoms in total. The van der Waals surface area contributed by atoms with Gasteiger partial charge in [-0.25, -0.2) is 9.18 Å². The highest BCUT2D eigenvalue weighted by Gasteiger charge is 2.19. The highest BCUT2D eigenvalue weighted by atomic mass is 19.1. The molecule has 1 aliphatic rings. The van der Waals surface area contributed by atoms with Crippen LogP contribution in [0.15, 0.2) is 18.2 Å². The van der Waals surface area contributed by atoms with Crippen LogP contribution in [0.2, 0.25) is 0 Å². The van der Waals surface area contributed by atoms with Crippen molar-refractivity contribution in [1.82, 2.24) is 4.90 Å². The van der Waals surface area contributed by atoms with Crippen molar-refractivity contribution in [3.63, 3.8) is 0 Å². The topological polar surface area (TPSA) is 40.5 Å². The molecule has 0 aromatic heterocycles. The minimum atomic E-state index is -1.21. The number of benzene rings is 1. The minimum absolute atomic E-state index is 0.256. The molecule has 1 saturated heterocycles. The van der Waals surface area contributed by atoms with Crippen LogP contribution in [0.1, 0.15) is 42.1 Å². The Hall–Kier alpha value is -1.42. The number of piperidine rings is 1. The minimum Gasteiger partial charge on any atom is -0.478 e. The largest absolute Gasteiger partial charge is 0.478 e. The van der Waals surface area contributed by atoms with Crippen molar-refractivity contribution in [2.45, 2.75) is 32.7 Å². The quantitative estimate of drug-likeness (QED) is 0.909. The lowest BCUT2D eigenvalue weighted by molar-refractivity contribution is 0.0692. The van der Waals surface area contributed by atoms with E-state index < -0.39 is 11.8 Å². The molecule has 1 atom stereocenters. The summed E-state index contributed by atoms with van der Waals surface area (Å²) >= 11 is 0. The van der Waals surface area contributed by atoms with E-state index in [0.717, 1.165) is 24.6 Å². The number of hydrogen-bond acceptors (Lipinski definition) is 2. The first kappa shape index (κ1) is 14.0. The fraction of sp³-hybridized carbons (Fsp3) is 0.533. The molecule has 0 aliphatic carbocycles. The van der Waals surface area contributed by atoms with Crippen molar-refractivity contribution in [3.05, 3.63) is 35.1 Å². The fourth-order valence-corrected chi connectivity index (χ4v) is 2.72. The molecule has 0 bridgehead atoms. The van der Waals surface area contributed by atoms with Crippen LogP contribution in [-0.4, -0.2) is 29.1 Å². The Bertz CT molecular complexity index is 461. The van der Waals surface area contributed by atoms with Gasteiger partial charge in [-0.05, 0) is 43.0 Å². The van der Waals surface area contributed by atoms with Gasteiger partial charge >= 0.3 is 5.97 Å². The molecule has 1 heterocycles.